The molecule has 0 saturated carbocycles. The fourth-order valence-corrected chi connectivity index (χ4v) is 3.41. The Morgan fingerprint density at radius 1 is 1.12 bits per heavy atom. The van der Waals surface area contributed by atoms with Crippen molar-refractivity contribution in [3.05, 3.63) is 67.3 Å². The van der Waals surface area contributed by atoms with Gasteiger partial charge in [-0.25, -0.2) is 9.97 Å². The third kappa shape index (κ3) is 3.04. The number of aromatic nitrogens is 3. The molecule has 0 atom stereocenters. The second kappa shape index (κ2) is 6.25. The first kappa shape index (κ1) is 14.6. The minimum Gasteiger partial charge on any atom is -0.328 e. The Morgan fingerprint density at radius 3 is 2.71 bits per heavy atom. The zero-order valence-corrected chi connectivity index (χ0v) is 13.5. The van der Waals surface area contributed by atoms with Crippen LogP contribution < -0.4 is 5.32 Å². The monoisotopic (exact) mass is 334 g/mol. The van der Waals surface area contributed by atoms with Crippen molar-refractivity contribution in [2.75, 3.05) is 5.32 Å². The van der Waals surface area contributed by atoms with Crippen molar-refractivity contribution in [3.8, 4) is 10.6 Å². The Morgan fingerprint density at radius 2 is 1.96 bits per heavy atom. The Bertz CT molecular complexity index is 941. The molecule has 2 aromatic carbocycles. The predicted octanol–water partition coefficient (Wildman–Crippen LogP) is 3.80. The number of anilines is 1. The molecule has 118 valence electrons. The Hall–Kier alpha value is -2.99. The first-order valence-corrected chi connectivity index (χ1v) is 8.31. The molecule has 0 unspecified atom stereocenters. The van der Waals surface area contributed by atoms with Crippen LogP contribution in [0, 0.1) is 0 Å². The van der Waals surface area contributed by atoms with Gasteiger partial charge in [0.1, 0.15) is 11.6 Å². The number of para-hydroxylation sites is 1. The smallest absolute Gasteiger partial charge is 0.244 e. The maximum absolute atomic E-state index is 12.0. The summed E-state index contributed by atoms with van der Waals surface area (Å²) in [5.41, 5.74) is 2.82. The summed E-state index contributed by atoms with van der Waals surface area (Å²) < 4.78 is 2.90. The van der Waals surface area contributed by atoms with Crippen LogP contribution in [0.25, 0.3) is 20.8 Å². The molecule has 4 aromatic rings. The lowest BCUT2D eigenvalue weighted by molar-refractivity contribution is -0.116. The number of rotatable bonds is 4. The highest BCUT2D eigenvalue weighted by Crippen LogP contribution is 2.30. The predicted molar refractivity (Wildman–Crippen MR) is 95.9 cm³/mol. The molecule has 0 fully saturated rings. The topological polar surface area (TPSA) is 59.8 Å². The molecule has 2 aromatic heterocycles. The van der Waals surface area contributed by atoms with E-state index >= 15 is 0 Å². The van der Waals surface area contributed by atoms with Crippen LogP contribution in [0.4, 0.5) is 5.69 Å². The summed E-state index contributed by atoms with van der Waals surface area (Å²) in [6.45, 7) is 0.250. The number of hydrogen-bond acceptors (Lipinski definition) is 4. The molecular weight excluding hydrogens is 320 g/mol. The van der Waals surface area contributed by atoms with Crippen LogP contribution in [0.5, 0.6) is 0 Å². The van der Waals surface area contributed by atoms with Gasteiger partial charge in [0.15, 0.2) is 0 Å². The van der Waals surface area contributed by atoms with E-state index in [0.29, 0.717) is 0 Å². The largest absolute Gasteiger partial charge is 0.328 e. The van der Waals surface area contributed by atoms with E-state index < -0.39 is 0 Å². The summed E-state index contributed by atoms with van der Waals surface area (Å²) in [7, 11) is 0. The maximum Gasteiger partial charge on any atom is 0.244 e. The van der Waals surface area contributed by atoms with Gasteiger partial charge in [-0.1, -0.05) is 12.1 Å². The second-order valence-electron chi connectivity index (χ2n) is 5.35. The number of nitrogens with one attached hydrogen (secondary N) is 1. The van der Waals surface area contributed by atoms with Crippen molar-refractivity contribution in [1.82, 2.24) is 14.5 Å². The lowest BCUT2D eigenvalue weighted by Gasteiger charge is -2.06. The van der Waals surface area contributed by atoms with E-state index in [-0.39, 0.29) is 12.5 Å². The van der Waals surface area contributed by atoms with Crippen LogP contribution in [-0.4, -0.2) is 20.4 Å². The third-order valence-corrected chi connectivity index (χ3v) is 4.68. The molecule has 0 aliphatic carbocycles. The van der Waals surface area contributed by atoms with Crippen molar-refractivity contribution in [2.24, 2.45) is 0 Å². The number of carbonyl (C=O) groups is 1. The quantitative estimate of drug-likeness (QED) is 0.617. The van der Waals surface area contributed by atoms with Crippen molar-refractivity contribution < 1.29 is 4.79 Å². The molecule has 0 spiro atoms. The lowest BCUT2D eigenvalue weighted by Crippen LogP contribution is -2.17. The fraction of sp³-hybridized carbons (Fsp3) is 0.0556. The number of carbonyl (C=O) groups excluding carboxylic acids is 1. The zero-order chi connectivity index (χ0) is 16.4. The summed E-state index contributed by atoms with van der Waals surface area (Å²) >= 11 is 1.66. The van der Waals surface area contributed by atoms with E-state index in [0.717, 1.165) is 21.8 Å². The number of benzene rings is 2. The molecule has 0 aliphatic heterocycles. The molecule has 6 heteroatoms. The van der Waals surface area contributed by atoms with E-state index in [1.165, 1.54) is 4.70 Å². The third-order valence-electron chi connectivity index (χ3n) is 3.59. The summed E-state index contributed by atoms with van der Waals surface area (Å²) in [4.78, 5) is 20.5. The number of amides is 1. The van der Waals surface area contributed by atoms with Crippen LogP contribution in [0.2, 0.25) is 0 Å². The van der Waals surface area contributed by atoms with Gasteiger partial charge in [0.2, 0.25) is 5.91 Å². The Balaban J connectivity index is 1.49. The normalized spacial score (nSPS) is 10.8. The highest BCUT2D eigenvalue weighted by atomic mass is 32.1. The fourth-order valence-electron chi connectivity index (χ4n) is 2.44. The van der Waals surface area contributed by atoms with Gasteiger partial charge in [0.05, 0.1) is 16.5 Å². The molecule has 0 radical (unpaired) electrons. The highest BCUT2D eigenvalue weighted by molar-refractivity contribution is 7.21. The van der Waals surface area contributed by atoms with Gasteiger partial charge in [-0.15, -0.1) is 11.3 Å². The van der Waals surface area contributed by atoms with Gasteiger partial charge in [0, 0.05) is 23.6 Å². The first-order valence-electron chi connectivity index (χ1n) is 7.49. The van der Waals surface area contributed by atoms with Crippen LogP contribution in [-0.2, 0) is 11.3 Å². The molecule has 1 amide bonds. The lowest BCUT2D eigenvalue weighted by atomic mass is 10.2. The van der Waals surface area contributed by atoms with Crippen molar-refractivity contribution in [1.29, 1.82) is 0 Å². The molecule has 0 aliphatic rings. The number of imidazole rings is 1. The summed E-state index contributed by atoms with van der Waals surface area (Å²) in [6, 6.07) is 15.8. The van der Waals surface area contributed by atoms with Gasteiger partial charge in [-0.2, -0.15) is 0 Å². The standard InChI is InChI=1S/C18H14N4OS/c23-17(11-22-10-9-19-12-22)20-14-7-5-13(6-8-14)18-21-15-3-1-2-4-16(15)24-18/h1-10,12H,11H2,(H,20,23). The number of hydrogen-bond donors (Lipinski definition) is 1. The van der Waals surface area contributed by atoms with E-state index in [9.17, 15) is 4.79 Å². The Kier molecular flexibility index (Phi) is 3.80. The van der Waals surface area contributed by atoms with Crippen LogP contribution in [0.3, 0.4) is 0 Å². The molecule has 2 heterocycles. The Labute approximate surface area is 142 Å². The van der Waals surface area contributed by atoms with Gasteiger partial charge < -0.3 is 9.88 Å². The van der Waals surface area contributed by atoms with Crippen molar-refractivity contribution in [3.63, 3.8) is 0 Å². The highest BCUT2D eigenvalue weighted by Gasteiger charge is 2.07. The molecule has 0 saturated heterocycles. The maximum atomic E-state index is 12.0. The van der Waals surface area contributed by atoms with Crippen LogP contribution in [0.15, 0.2) is 67.3 Å². The first-order chi connectivity index (χ1) is 11.8. The molecule has 1 N–H and O–H groups in total. The van der Waals surface area contributed by atoms with Gasteiger partial charge in [-0.05, 0) is 36.4 Å². The average Bonchev–Trinajstić information content (AvgIpc) is 3.24. The summed E-state index contributed by atoms with van der Waals surface area (Å²) in [5.74, 6) is -0.0827. The van der Waals surface area contributed by atoms with E-state index in [1.54, 1.807) is 34.6 Å². The van der Waals surface area contributed by atoms with E-state index in [1.807, 2.05) is 42.5 Å². The zero-order valence-electron chi connectivity index (χ0n) is 12.7. The minimum absolute atomic E-state index is 0.0827. The molecule has 4 rings (SSSR count). The molecular formula is C18H14N4OS. The average molecular weight is 334 g/mol. The summed E-state index contributed by atoms with van der Waals surface area (Å²) in [5, 5.41) is 3.86. The molecule has 0 bridgehead atoms. The molecule has 24 heavy (non-hydrogen) atoms. The summed E-state index contributed by atoms with van der Waals surface area (Å²) in [6.07, 6.45) is 5.03. The molecule has 5 nitrogen and oxygen atoms in total. The van der Waals surface area contributed by atoms with Crippen LogP contribution in [0.1, 0.15) is 0 Å². The van der Waals surface area contributed by atoms with Gasteiger partial charge in [-0.3, -0.25) is 4.79 Å². The van der Waals surface area contributed by atoms with E-state index in [2.05, 4.69) is 21.4 Å². The number of thiazole rings is 1. The second-order valence-corrected chi connectivity index (χ2v) is 6.38. The number of nitrogens with zero attached hydrogens (tertiary/aromatic N) is 3. The number of fused-ring (bicyclic) bond motifs is 1. The van der Waals surface area contributed by atoms with Gasteiger partial charge >= 0.3 is 0 Å². The van der Waals surface area contributed by atoms with Crippen LogP contribution >= 0.6 is 11.3 Å². The van der Waals surface area contributed by atoms with Crippen molar-refractivity contribution in [2.45, 2.75) is 6.54 Å². The SMILES string of the molecule is O=C(Cn1ccnc1)Nc1ccc(-c2nc3ccccc3s2)cc1. The van der Waals surface area contributed by atoms with Crippen molar-refractivity contribution >= 4 is 33.1 Å². The minimum atomic E-state index is -0.0827. The van der Waals surface area contributed by atoms with Gasteiger partial charge in [0.25, 0.3) is 0 Å². The van der Waals surface area contributed by atoms with E-state index in [4.69, 9.17) is 0 Å².